The molecule has 2 aliphatic carbocycles. The number of aryl methyl sites for hydroxylation is 2. The second-order valence-corrected chi connectivity index (χ2v) is 21.5. The molecule has 8 amide bonds. The number of carbonyl (C=O) groups excluding carboxylic acids is 8. The van der Waals surface area contributed by atoms with Crippen LogP contribution >= 0.6 is 24.8 Å². The Labute approximate surface area is 464 Å². The Morgan fingerprint density at radius 2 is 1.06 bits per heavy atom. The third-order valence-electron chi connectivity index (χ3n) is 15.2. The van der Waals surface area contributed by atoms with Gasteiger partial charge >= 0.3 is 0 Å². The molecule has 3 aromatic rings. The number of rotatable bonds is 17. The van der Waals surface area contributed by atoms with Crippen molar-refractivity contribution in [1.82, 2.24) is 52.3 Å². The molecule has 2 aliphatic heterocycles. The molecule has 77 heavy (non-hydrogen) atoms. The summed E-state index contributed by atoms with van der Waals surface area (Å²) in [5, 5.41) is 23.8. The topological polar surface area (TPSA) is 239 Å². The Morgan fingerprint density at radius 1 is 0.623 bits per heavy atom. The first-order chi connectivity index (χ1) is 35.8. The van der Waals surface area contributed by atoms with Crippen LogP contribution in [0.3, 0.4) is 0 Å². The van der Waals surface area contributed by atoms with Gasteiger partial charge in [0.05, 0.1) is 24.2 Å². The number of amides is 8. The summed E-state index contributed by atoms with van der Waals surface area (Å²) in [6.45, 7) is 8.77. The molecule has 0 saturated carbocycles. The summed E-state index contributed by atoms with van der Waals surface area (Å²) in [6, 6.07) is 14.7. The van der Waals surface area contributed by atoms with Crippen molar-refractivity contribution >= 4 is 72.1 Å². The average Bonchev–Trinajstić information content (AvgIpc) is 4.03. The summed E-state index contributed by atoms with van der Waals surface area (Å²) in [5.74, 6) is -1.22. The van der Waals surface area contributed by atoms with E-state index < -0.39 is 89.2 Å². The van der Waals surface area contributed by atoms with Crippen LogP contribution in [0.15, 0.2) is 72.8 Å². The summed E-state index contributed by atoms with van der Waals surface area (Å²) >= 11 is 0. The number of nitrogens with one attached hydrogen (secondary N) is 8. The SMILES string of the molecule is C#CC[C@H](NC(=O)[C@H](C)NC)C(=O)N1C[C@@H](NC(=O)c2cccc(C(=O)N[C@H]3C[C@@H](C(=O)N[C@@H]4CCCc5ccccc54)N(C(=O)[C@@H](NC(=O)[C@H](C)NC)C(C)(C)C)C3)c2)C[C@H]1C(=O)N[C@@H]1CCCc2ccccc21.Cl.Cl. The van der Waals surface area contributed by atoms with Crippen molar-refractivity contribution in [1.29, 1.82) is 0 Å². The predicted octanol–water partition coefficient (Wildman–Crippen LogP) is 3.57. The minimum Gasteiger partial charge on any atom is -0.347 e. The molecule has 416 valence electrons. The van der Waals surface area contributed by atoms with Crippen molar-refractivity contribution < 1.29 is 38.4 Å². The number of carbonyl (C=O) groups is 8. The summed E-state index contributed by atoms with van der Waals surface area (Å²) in [4.78, 5) is 115. The second kappa shape index (κ2) is 27.2. The lowest BCUT2D eigenvalue weighted by atomic mass is 9.85. The minimum atomic E-state index is -1.13. The standard InChI is InChI=1S/C57H74N10O8.2ClH/c1-9-17-45(64-49(68)33(2)58-7)55(74)66-31-39(29-46(66)53(72)62-43-26-15-20-35-18-10-12-24-41(35)43)60-51(70)37-22-14-23-38(28-37)52(71)61-40-30-47(54(73)63-44-27-16-21-36-19-11-13-25-42(36)44)67(32-40)56(75)48(57(4,5)6)65-50(69)34(3)59-8;;/h1,10-14,18-19,22-25,28,33-34,39-40,43-48,58-59H,15-17,20-21,26-27,29-32H2,2-8H3,(H,60,70)(H,61,71)(H,62,72)(H,63,73)(H,64,68)(H,65,69);2*1H/t33-,34-,39-,40-,43+,44+,45-,46-,47-,48+;;/m0../s1. The zero-order chi connectivity index (χ0) is 54.1. The van der Waals surface area contributed by atoms with Gasteiger partial charge in [0, 0.05) is 42.7 Å². The van der Waals surface area contributed by atoms with Gasteiger partial charge in [-0.25, -0.2) is 0 Å². The Bertz CT molecular complexity index is 2690. The van der Waals surface area contributed by atoms with Crippen LogP contribution in [0, 0.1) is 17.8 Å². The van der Waals surface area contributed by atoms with Gasteiger partial charge in [-0.1, -0.05) is 75.4 Å². The highest BCUT2D eigenvalue weighted by atomic mass is 35.5. The molecule has 3 aromatic carbocycles. The van der Waals surface area contributed by atoms with E-state index in [2.05, 4.69) is 54.5 Å². The highest BCUT2D eigenvalue weighted by Gasteiger charge is 2.47. The number of hydrogen-bond donors (Lipinski definition) is 8. The van der Waals surface area contributed by atoms with Gasteiger partial charge in [0.25, 0.3) is 11.8 Å². The monoisotopic (exact) mass is 1100 g/mol. The van der Waals surface area contributed by atoms with Gasteiger partial charge in [-0.3, -0.25) is 38.4 Å². The van der Waals surface area contributed by atoms with Gasteiger partial charge in [0.2, 0.25) is 35.4 Å². The number of benzene rings is 3. The zero-order valence-electron chi connectivity index (χ0n) is 45.0. The van der Waals surface area contributed by atoms with Crippen LogP contribution in [0.1, 0.15) is 135 Å². The Kier molecular flexibility index (Phi) is 21.7. The molecular weight excluding hydrogens is 1020 g/mol. The molecule has 8 N–H and O–H groups in total. The molecule has 2 fully saturated rings. The molecule has 10 atom stereocenters. The zero-order valence-corrected chi connectivity index (χ0v) is 46.7. The van der Waals surface area contributed by atoms with Crippen LogP contribution in [0.4, 0.5) is 0 Å². The number of likely N-dealkylation sites (tertiary alicyclic amines) is 2. The van der Waals surface area contributed by atoms with Gasteiger partial charge in [-0.15, -0.1) is 37.2 Å². The number of likely N-dealkylation sites (N-methyl/N-ethyl adjacent to an activating group) is 2. The third-order valence-corrected chi connectivity index (χ3v) is 15.2. The van der Waals surface area contributed by atoms with Gasteiger partial charge in [-0.2, -0.15) is 0 Å². The summed E-state index contributed by atoms with van der Waals surface area (Å²) in [6.07, 6.45) is 10.7. The lowest BCUT2D eigenvalue weighted by Gasteiger charge is -2.36. The van der Waals surface area contributed by atoms with E-state index in [0.29, 0.717) is 6.42 Å². The maximum Gasteiger partial charge on any atom is 0.251 e. The summed E-state index contributed by atoms with van der Waals surface area (Å²) < 4.78 is 0. The Hall–Kier alpha value is -6.52. The average molecular weight is 1100 g/mol. The number of terminal acetylenes is 1. The summed E-state index contributed by atoms with van der Waals surface area (Å²) in [7, 11) is 3.26. The van der Waals surface area contributed by atoms with Crippen LogP contribution in [0.2, 0.25) is 0 Å². The molecule has 7 rings (SSSR count). The van der Waals surface area contributed by atoms with E-state index in [0.717, 1.165) is 54.4 Å². The number of fused-ring (bicyclic) bond motifs is 2. The largest absolute Gasteiger partial charge is 0.347 e. The van der Waals surface area contributed by atoms with Crippen molar-refractivity contribution in [3.8, 4) is 12.3 Å². The highest BCUT2D eigenvalue weighted by molar-refractivity contribution is 6.01. The van der Waals surface area contributed by atoms with Gasteiger partial charge in [-0.05, 0) is 125 Å². The molecule has 0 aromatic heterocycles. The van der Waals surface area contributed by atoms with E-state index in [-0.39, 0.29) is 92.2 Å². The van der Waals surface area contributed by atoms with E-state index in [9.17, 15) is 38.4 Å². The number of hydrogen-bond acceptors (Lipinski definition) is 10. The van der Waals surface area contributed by atoms with Gasteiger partial charge in [0.15, 0.2) is 0 Å². The maximum atomic E-state index is 14.7. The molecule has 2 saturated heterocycles. The van der Waals surface area contributed by atoms with Crippen molar-refractivity contribution in [2.75, 3.05) is 27.2 Å². The third kappa shape index (κ3) is 14.7. The molecule has 0 spiro atoms. The van der Waals surface area contributed by atoms with Crippen LogP contribution in [-0.4, -0.2) is 133 Å². The minimum absolute atomic E-state index is 0. The molecule has 18 nitrogen and oxygen atoms in total. The quantitative estimate of drug-likeness (QED) is 0.0915. The molecule has 0 unspecified atom stereocenters. The van der Waals surface area contributed by atoms with Crippen molar-refractivity contribution in [3.63, 3.8) is 0 Å². The molecule has 0 bridgehead atoms. The Balaban J connectivity index is 0.00000547. The van der Waals surface area contributed by atoms with E-state index in [1.165, 1.54) is 15.9 Å². The van der Waals surface area contributed by atoms with Gasteiger partial charge < -0.3 is 52.3 Å². The highest BCUT2D eigenvalue weighted by Crippen LogP contribution is 2.33. The number of nitrogens with zero attached hydrogens (tertiary/aromatic N) is 2. The second-order valence-electron chi connectivity index (χ2n) is 21.5. The molecule has 2 heterocycles. The fraction of sp³-hybridized carbons (Fsp3) is 0.509. The first-order valence-electron chi connectivity index (χ1n) is 26.3. The van der Waals surface area contributed by atoms with E-state index in [4.69, 9.17) is 6.42 Å². The fourth-order valence-corrected chi connectivity index (χ4v) is 10.7. The van der Waals surface area contributed by atoms with Crippen molar-refractivity contribution in [3.05, 3.63) is 106 Å². The lowest BCUT2D eigenvalue weighted by molar-refractivity contribution is -0.144. The van der Waals surface area contributed by atoms with Crippen LogP contribution < -0.4 is 42.5 Å². The fourth-order valence-electron chi connectivity index (χ4n) is 10.7. The number of halogens is 2. The van der Waals surface area contributed by atoms with Crippen LogP contribution in [-0.2, 0) is 41.6 Å². The van der Waals surface area contributed by atoms with E-state index in [1.54, 1.807) is 46.1 Å². The Morgan fingerprint density at radius 3 is 1.51 bits per heavy atom. The van der Waals surface area contributed by atoms with Crippen LogP contribution in [0.5, 0.6) is 0 Å². The summed E-state index contributed by atoms with van der Waals surface area (Å²) in [5.41, 5.74) is 3.87. The predicted molar refractivity (Wildman–Crippen MR) is 298 cm³/mol. The maximum absolute atomic E-state index is 14.7. The molecule has 0 radical (unpaired) electrons. The normalized spacial score (nSPS) is 22.1. The van der Waals surface area contributed by atoms with Crippen molar-refractivity contribution in [2.45, 2.75) is 153 Å². The van der Waals surface area contributed by atoms with E-state index in [1.807, 2.05) is 63.2 Å². The molecular formula is C57H76Cl2N10O8. The smallest absolute Gasteiger partial charge is 0.251 e. The molecule has 4 aliphatic rings. The lowest BCUT2D eigenvalue weighted by Crippen LogP contribution is -2.59. The van der Waals surface area contributed by atoms with Gasteiger partial charge in [0.1, 0.15) is 24.2 Å². The first-order valence-corrected chi connectivity index (χ1v) is 26.3. The van der Waals surface area contributed by atoms with Crippen LogP contribution in [0.25, 0.3) is 0 Å². The van der Waals surface area contributed by atoms with Crippen molar-refractivity contribution in [2.24, 2.45) is 5.41 Å². The van der Waals surface area contributed by atoms with E-state index >= 15 is 0 Å². The first kappa shape index (κ1) is 61.3. The molecule has 20 heteroatoms.